The molecule has 9 nitrogen and oxygen atoms in total. The molecule has 0 aliphatic carbocycles. The molecule has 0 saturated carbocycles. The summed E-state index contributed by atoms with van der Waals surface area (Å²) in [5.74, 6) is -0.0479. The number of ether oxygens (including phenoxy) is 3. The van der Waals surface area contributed by atoms with Crippen molar-refractivity contribution in [3.8, 4) is 11.5 Å². The zero-order valence-corrected chi connectivity index (χ0v) is 18.5. The normalized spacial score (nSPS) is 11.3. The number of ketones is 1. The molecular formula is C20H30O9S. The first-order chi connectivity index (χ1) is 14.2. The fourth-order valence-electron chi connectivity index (χ4n) is 2.63. The molecule has 0 heterocycles. The summed E-state index contributed by atoms with van der Waals surface area (Å²) in [6.07, 6.45) is 2.76. The van der Waals surface area contributed by atoms with Crippen molar-refractivity contribution < 1.29 is 41.5 Å². The lowest BCUT2D eigenvalue weighted by Crippen LogP contribution is -2.15. The molecule has 10 heteroatoms. The predicted octanol–water partition coefficient (Wildman–Crippen LogP) is 2.46. The van der Waals surface area contributed by atoms with E-state index in [1.54, 1.807) is 12.1 Å². The highest BCUT2D eigenvalue weighted by atomic mass is 32.2. The van der Waals surface area contributed by atoms with Gasteiger partial charge in [0.15, 0.2) is 5.78 Å². The van der Waals surface area contributed by atoms with Gasteiger partial charge in [-0.05, 0) is 31.9 Å². The molecule has 1 aromatic carbocycles. The Hall–Kier alpha value is -2.17. The SMILES string of the molecule is CCCc1c(OCCCC(=O)O)ccc(C(C)=O)c1OCCOCCOS(C)(=O)=O. The number of carbonyl (C=O) groups is 2. The first-order valence-electron chi connectivity index (χ1n) is 9.72. The Kier molecular flexibility index (Phi) is 11.4. The van der Waals surface area contributed by atoms with Crippen molar-refractivity contribution in [3.63, 3.8) is 0 Å². The van der Waals surface area contributed by atoms with Gasteiger partial charge in [-0.1, -0.05) is 13.3 Å². The van der Waals surface area contributed by atoms with Crippen LogP contribution in [0.15, 0.2) is 12.1 Å². The van der Waals surface area contributed by atoms with Gasteiger partial charge in [0.25, 0.3) is 10.1 Å². The first kappa shape index (κ1) is 25.9. The summed E-state index contributed by atoms with van der Waals surface area (Å²) >= 11 is 0. The van der Waals surface area contributed by atoms with Crippen LogP contribution in [-0.2, 0) is 30.3 Å². The molecule has 0 aliphatic rings. The van der Waals surface area contributed by atoms with E-state index in [1.165, 1.54) is 6.92 Å². The molecular weight excluding hydrogens is 416 g/mol. The van der Waals surface area contributed by atoms with Crippen molar-refractivity contribution in [2.45, 2.75) is 39.5 Å². The number of hydrogen-bond donors (Lipinski definition) is 1. The van der Waals surface area contributed by atoms with Crippen molar-refractivity contribution in [1.82, 2.24) is 0 Å². The number of Topliss-reactive ketones (excluding diaryl/α,β-unsaturated/α-hetero) is 1. The summed E-state index contributed by atoms with van der Waals surface area (Å²) in [6.45, 7) is 4.01. The maximum Gasteiger partial charge on any atom is 0.303 e. The largest absolute Gasteiger partial charge is 0.493 e. The molecule has 0 amide bonds. The molecule has 0 unspecified atom stereocenters. The minimum absolute atomic E-state index is 0.0123. The highest BCUT2D eigenvalue weighted by Crippen LogP contribution is 2.34. The van der Waals surface area contributed by atoms with Gasteiger partial charge >= 0.3 is 5.97 Å². The van der Waals surface area contributed by atoms with Crippen LogP contribution in [0.4, 0.5) is 0 Å². The number of hydrogen-bond acceptors (Lipinski definition) is 8. The van der Waals surface area contributed by atoms with Gasteiger partial charge in [-0.2, -0.15) is 8.42 Å². The highest BCUT2D eigenvalue weighted by molar-refractivity contribution is 7.85. The molecule has 1 rings (SSSR count). The number of carbonyl (C=O) groups excluding carboxylic acids is 1. The summed E-state index contributed by atoms with van der Waals surface area (Å²) < 4.78 is 43.2. The Morgan fingerprint density at radius 1 is 1.03 bits per heavy atom. The molecule has 0 spiro atoms. The predicted molar refractivity (Wildman–Crippen MR) is 110 cm³/mol. The van der Waals surface area contributed by atoms with Gasteiger partial charge < -0.3 is 19.3 Å². The van der Waals surface area contributed by atoms with Crippen molar-refractivity contribution in [3.05, 3.63) is 23.3 Å². The van der Waals surface area contributed by atoms with Gasteiger partial charge in [0.1, 0.15) is 18.1 Å². The summed E-state index contributed by atoms with van der Waals surface area (Å²) in [7, 11) is -3.50. The second-order valence-electron chi connectivity index (χ2n) is 6.56. The molecule has 0 saturated heterocycles. The fourth-order valence-corrected chi connectivity index (χ4v) is 3.00. The standard InChI is InChI=1S/C20H30O9S/c1-4-6-17-18(27-10-5-7-19(22)23)9-8-16(15(2)21)20(17)28-13-11-26-12-14-29-30(3,24)25/h8-9H,4-7,10-14H2,1-3H3,(H,22,23). The van der Waals surface area contributed by atoms with E-state index in [2.05, 4.69) is 4.18 Å². The van der Waals surface area contributed by atoms with Crippen LogP contribution in [0.2, 0.25) is 0 Å². The van der Waals surface area contributed by atoms with Gasteiger partial charge in [-0.3, -0.25) is 13.8 Å². The third-order valence-electron chi connectivity index (χ3n) is 3.89. The molecule has 0 aliphatic heterocycles. The number of carboxylic acid groups (broad SMARTS) is 1. The lowest BCUT2D eigenvalue weighted by atomic mass is 10.0. The quantitative estimate of drug-likeness (QED) is 0.231. The van der Waals surface area contributed by atoms with E-state index in [9.17, 15) is 18.0 Å². The number of rotatable bonds is 16. The Balaban J connectivity index is 2.78. The van der Waals surface area contributed by atoms with Crippen molar-refractivity contribution >= 4 is 21.9 Å². The molecule has 170 valence electrons. The van der Waals surface area contributed by atoms with Gasteiger partial charge in [0.2, 0.25) is 0 Å². The van der Waals surface area contributed by atoms with E-state index in [4.69, 9.17) is 19.3 Å². The zero-order chi connectivity index (χ0) is 22.6. The highest BCUT2D eigenvalue weighted by Gasteiger charge is 2.18. The van der Waals surface area contributed by atoms with Gasteiger partial charge in [0.05, 0.1) is 38.2 Å². The minimum atomic E-state index is -3.50. The van der Waals surface area contributed by atoms with E-state index in [0.717, 1.165) is 18.2 Å². The van der Waals surface area contributed by atoms with E-state index in [0.29, 0.717) is 29.9 Å². The lowest BCUT2D eigenvalue weighted by molar-refractivity contribution is -0.137. The fraction of sp³-hybridized carbons (Fsp3) is 0.600. The van der Waals surface area contributed by atoms with Crippen molar-refractivity contribution in [1.29, 1.82) is 0 Å². The van der Waals surface area contributed by atoms with Crippen LogP contribution in [0.3, 0.4) is 0 Å². The Morgan fingerprint density at radius 2 is 1.73 bits per heavy atom. The van der Waals surface area contributed by atoms with Gasteiger partial charge in [0, 0.05) is 12.0 Å². The second kappa shape index (κ2) is 13.2. The van der Waals surface area contributed by atoms with Crippen LogP contribution < -0.4 is 9.47 Å². The van der Waals surface area contributed by atoms with E-state index in [1.807, 2.05) is 6.92 Å². The third kappa shape index (κ3) is 10.0. The van der Waals surface area contributed by atoms with E-state index >= 15 is 0 Å². The molecule has 0 fully saturated rings. The molecule has 30 heavy (non-hydrogen) atoms. The zero-order valence-electron chi connectivity index (χ0n) is 17.6. The monoisotopic (exact) mass is 446 g/mol. The average Bonchev–Trinajstić information content (AvgIpc) is 2.64. The van der Waals surface area contributed by atoms with Gasteiger partial charge in [-0.15, -0.1) is 0 Å². The number of aliphatic carboxylic acids is 1. The van der Waals surface area contributed by atoms with Crippen LogP contribution in [0.1, 0.15) is 49.0 Å². The molecule has 0 atom stereocenters. The summed E-state index contributed by atoms with van der Waals surface area (Å²) in [5.41, 5.74) is 1.18. The summed E-state index contributed by atoms with van der Waals surface area (Å²) in [4.78, 5) is 22.7. The average molecular weight is 447 g/mol. The van der Waals surface area contributed by atoms with Crippen LogP contribution in [0.25, 0.3) is 0 Å². The van der Waals surface area contributed by atoms with Crippen LogP contribution >= 0.6 is 0 Å². The Bertz CT molecular complexity index is 803. The van der Waals surface area contributed by atoms with E-state index < -0.39 is 16.1 Å². The lowest BCUT2D eigenvalue weighted by Gasteiger charge is -2.18. The van der Waals surface area contributed by atoms with Crippen molar-refractivity contribution in [2.24, 2.45) is 0 Å². The maximum absolute atomic E-state index is 12.0. The van der Waals surface area contributed by atoms with Crippen LogP contribution in [0, 0.1) is 0 Å². The topological polar surface area (TPSA) is 125 Å². The minimum Gasteiger partial charge on any atom is -0.493 e. The number of benzene rings is 1. The molecule has 0 aromatic heterocycles. The molecule has 0 radical (unpaired) electrons. The van der Waals surface area contributed by atoms with E-state index in [-0.39, 0.29) is 45.2 Å². The Morgan fingerprint density at radius 3 is 2.33 bits per heavy atom. The van der Waals surface area contributed by atoms with Crippen molar-refractivity contribution in [2.75, 3.05) is 39.3 Å². The maximum atomic E-state index is 12.0. The first-order valence-corrected chi connectivity index (χ1v) is 11.5. The Labute approximate surface area is 177 Å². The second-order valence-corrected chi connectivity index (χ2v) is 8.20. The summed E-state index contributed by atoms with van der Waals surface area (Å²) in [6, 6.07) is 3.33. The van der Waals surface area contributed by atoms with Crippen LogP contribution in [0.5, 0.6) is 11.5 Å². The molecule has 1 aromatic rings. The summed E-state index contributed by atoms with van der Waals surface area (Å²) in [5, 5.41) is 8.74. The number of carboxylic acids is 1. The third-order valence-corrected chi connectivity index (χ3v) is 4.48. The van der Waals surface area contributed by atoms with Crippen LogP contribution in [-0.4, -0.2) is 64.6 Å². The molecule has 1 N–H and O–H groups in total. The smallest absolute Gasteiger partial charge is 0.303 e. The molecule has 0 bridgehead atoms. The van der Waals surface area contributed by atoms with Gasteiger partial charge in [-0.25, -0.2) is 0 Å².